The molecular weight excluding hydrogens is 296 g/mol. The van der Waals surface area contributed by atoms with E-state index < -0.39 is 16.1 Å². The molecule has 0 aromatic heterocycles. The van der Waals surface area contributed by atoms with Crippen molar-refractivity contribution in [3.05, 3.63) is 33.9 Å². The van der Waals surface area contributed by atoms with E-state index in [1.165, 1.54) is 18.2 Å². The van der Waals surface area contributed by atoms with Crippen molar-refractivity contribution in [3.8, 4) is 0 Å². The first-order chi connectivity index (χ1) is 9.86. The van der Waals surface area contributed by atoms with E-state index in [4.69, 9.17) is 5.73 Å². The van der Waals surface area contributed by atoms with Crippen molar-refractivity contribution in [2.24, 2.45) is 10.7 Å². The maximum Gasteiger partial charge on any atom is 0.269 e. The molecule has 0 spiro atoms. The van der Waals surface area contributed by atoms with Crippen LogP contribution in [0.25, 0.3) is 0 Å². The molecule has 0 unspecified atom stereocenters. The van der Waals surface area contributed by atoms with E-state index in [9.17, 15) is 19.7 Å². The highest BCUT2D eigenvalue weighted by molar-refractivity contribution is 8.15. The normalized spacial score (nSPS) is 17.5. The van der Waals surface area contributed by atoms with Crippen LogP contribution in [0.4, 0.5) is 11.4 Å². The Hall–Kier alpha value is -2.42. The Balaban J connectivity index is 2.00. The highest BCUT2D eigenvalue weighted by atomic mass is 32.2. The molecule has 0 radical (unpaired) electrons. The van der Waals surface area contributed by atoms with E-state index in [2.05, 4.69) is 10.3 Å². The minimum atomic E-state index is -0.608. The molecule has 8 nitrogen and oxygen atoms in total. The standard InChI is InChI=1S/C12H12N4O4S/c1-6-4-7(16(19)20)2-3-8(6)14-10(17)5-9-11(18)15-12(13)21-9/h2-4,9H,5H2,1H3,(H,14,17)(H2,13,15,18)/t9-/m1/s1. The van der Waals surface area contributed by atoms with Gasteiger partial charge in [0.25, 0.3) is 11.6 Å². The second-order valence-corrected chi connectivity index (χ2v) is 5.63. The van der Waals surface area contributed by atoms with Crippen LogP contribution in [0.1, 0.15) is 12.0 Å². The quantitative estimate of drug-likeness (QED) is 0.635. The SMILES string of the molecule is Cc1cc([N+](=O)[O-])ccc1NC(=O)C[C@H]1SC(N)=NC1=O. The molecule has 0 fully saturated rings. The van der Waals surface area contributed by atoms with Crippen molar-refractivity contribution in [2.45, 2.75) is 18.6 Å². The Bertz CT molecular complexity index is 659. The van der Waals surface area contributed by atoms with Crippen molar-refractivity contribution in [1.82, 2.24) is 0 Å². The predicted octanol–water partition coefficient (Wildman–Crippen LogP) is 1.19. The van der Waals surface area contributed by atoms with Crippen LogP contribution >= 0.6 is 11.8 Å². The zero-order valence-electron chi connectivity index (χ0n) is 11.0. The van der Waals surface area contributed by atoms with Gasteiger partial charge in [0.15, 0.2) is 5.17 Å². The summed E-state index contributed by atoms with van der Waals surface area (Å²) in [5.41, 5.74) is 6.40. The zero-order chi connectivity index (χ0) is 15.6. The number of thioether (sulfide) groups is 1. The second-order valence-electron chi connectivity index (χ2n) is 4.40. The Kier molecular flexibility index (Phi) is 4.22. The smallest absolute Gasteiger partial charge is 0.269 e. The minimum absolute atomic E-state index is 0.0480. The monoisotopic (exact) mass is 308 g/mol. The van der Waals surface area contributed by atoms with Gasteiger partial charge in [0, 0.05) is 24.2 Å². The molecule has 1 heterocycles. The lowest BCUT2D eigenvalue weighted by Gasteiger charge is -2.10. The molecular formula is C12H12N4O4S. The predicted molar refractivity (Wildman–Crippen MR) is 79.1 cm³/mol. The molecule has 9 heteroatoms. The number of nitrogens with one attached hydrogen (secondary N) is 1. The highest BCUT2D eigenvalue weighted by Gasteiger charge is 2.29. The molecule has 1 aromatic carbocycles. The first-order valence-electron chi connectivity index (χ1n) is 5.96. The lowest BCUT2D eigenvalue weighted by molar-refractivity contribution is -0.384. The third kappa shape index (κ3) is 3.57. The molecule has 2 rings (SSSR count). The first kappa shape index (κ1) is 15.0. The van der Waals surface area contributed by atoms with Crippen molar-refractivity contribution < 1.29 is 14.5 Å². The number of benzene rings is 1. The molecule has 0 bridgehead atoms. The van der Waals surface area contributed by atoms with Crippen LogP contribution in [0.5, 0.6) is 0 Å². The van der Waals surface area contributed by atoms with Gasteiger partial charge in [-0.05, 0) is 18.6 Å². The largest absolute Gasteiger partial charge is 0.378 e. The first-order valence-corrected chi connectivity index (χ1v) is 6.84. The summed E-state index contributed by atoms with van der Waals surface area (Å²) < 4.78 is 0. The van der Waals surface area contributed by atoms with Gasteiger partial charge in [-0.25, -0.2) is 0 Å². The van der Waals surface area contributed by atoms with E-state index in [-0.39, 0.29) is 23.2 Å². The van der Waals surface area contributed by atoms with Gasteiger partial charge in [-0.2, -0.15) is 4.99 Å². The number of nitrogens with zero attached hydrogens (tertiary/aromatic N) is 2. The lowest BCUT2D eigenvalue weighted by Crippen LogP contribution is -2.22. The number of amidine groups is 1. The third-order valence-electron chi connectivity index (χ3n) is 2.82. The second kappa shape index (κ2) is 5.92. The fraction of sp³-hybridized carbons (Fsp3) is 0.250. The Morgan fingerprint density at radius 1 is 1.57 bits per heavy atom. The number of amides is 2. The van der Waals surface area contributed by atoms with E-state index in [1.54, 1.807) is 6.92 Å². The molecule has 2 amide bonds. The van der Waals surface area contributed by atoms with Crippen LogP contribution in [-0.2, 0) is 9.59 Å². The Morgan fingerprint density at radius 3 is 2.81 bits per heavy atom. The number of carbonyl (C=O) groups is 2. The van der Waals surface area contributed by atoms with Crippen LogP contribution in [0.3, 0.4) is 0 Å². The molecule has 1 aliphatic heterocycles. The van der Waals surface area contributed by atoms with Gasteiger partial charge >= 0.3 is 0 Å². The summed E-state index contributed by atoms with van der Waals surface area (Å²) in [5, 5.41) is 12.8. The molecule has 110 valence electrons. The van der Waals surface area contributed by atoms with Crippen molar-refractivity contribution in [3.63, 3.8) is 0 Å². The maximum absolute atomic E-state index is 11.9. The summed E-state index contributed by atoms with van der Waals surface area (Å²) in [6.45, 7) is 1.65. The van der Waals surface area contributed by atoms with Gasteiger partial charge in [-0.15, -0.1) is 0 Å². The van der Waals surface area contributed by atoms with Gasteiger partial charge in [0.05, 0.1) is 4.92 Å². The summed E-state index contributed by atoms with van der Waals surface area (Å²) in [7, 11) is 0. The summed E-state index contributed by atoms with van der Waals surface area (Å²) in [6.07, 6.45) is -0.0515. The molecule has 1 atom stereocenters. The average molecular weight is 308 g/mol. The summed E-state index contributed by atoms with van der Waals surface area (Å²) in [4.78, 5) is 37.0. The zero-order valence-corrected chi connectivity index (χ0v) is 11.8. The van der Waals surface area contributed by atoms with Gasteiger partial charge in [0.1, 0.15) is 5.25 Å². The van der Waals surface area contributed by atoms with Gasteiger partial charge < -0.3 is 11.1 Å². The Morgan fingerprint density at radius 2 is 2.29 bits per heavy atom. The van der Waals surface area contributed by atoms with Gasteiger partial charge in [-0.1, -0.05) is 11.8 Å². The molecule has 3 N–H and O–H groups in total. The number of rotatable bonds is 4. The minimum Gasteiger partial charge on any atom is -0.378 e. The lowest BCUT2D eigenvalue weighted by atomic mass is 10.1. The number of carbonyl (C=O) groups excluding carboxylic acids is 2. The van der Waals surface area contributed by atoms with Gasteiger partial charge in [-0.3, -0.25) is 19.7 Å². The van der Waals surface area contributed by atoms with Crippen LogP contribution < -0.4 is 11.1 Å². The van der Waals surface area contributed by atoms with Crippen molar-refractivity contribution in [2.75, 3.05) is 5.32 Å². The topological polar surface area (TPSA) is 128 Å². The van der Waals surface area contributed by atoms with E-state index in [0.29, 0.717) is 11.3 Å². The fourth-order valence-corrected chi connectivity index (χ4v) is 2.63. The maximum atomic E-state index is 11.9. The number of anilines is 1. The number of aliphatic imine (C=N–C) groups is 1. The number of aryl methyl sites for hydroxylation is 1. The molecule has 0 saturated heterocycles. The fourth-order valence-electron chi connectivity index (χ4n) is 1.80. The average Bonchev–Trinajstić information content (AvgIpc) is 2.70. The van der Waals surface area contributed by atoms with Crippen LogP contribution in [-0.4, -0.2) is 27.2 Å². The van der Waals surface area contributed by atoms with E-state index >= 15 is 0 Å². The number of nitro benzene ring substituents is 1. The van der Waals surface area contributed by atoms with Crippen LogP contribution in [0.2, 0.25) is 0 Å². The summed E-state index contributed by atoms with van der Waals surface area (Å²) >= 11 is 1.05. The molecule has 1 aliphatic rings. The van der Waals surface area contributed by atoms with Crippen LogP contribution in [0, 0.1) is 17.0 Å². The number of hydrogen-bond donors (Lipinski definition) is 2. The number of non-ortho nitro benzene ring substituents is 1. The van der Waals surface area contributed by atoms with Crippen molar-refractivity contribution >= 4 is 40.1 Å². The molecule has 0 saturated carbocycles. The van der Waals surface area contributed by atoms with E-state index in [0.717, 1.165) is 11.8 Å². The number of nitro groups is 1. The summed E-state index contributed by atoms with van der Waals surface area (Å²) in [6, 6.07) is 4.13. The highest BCUT2D eigenvalue weighted by Crippen LogP contribution is 2.25. The summed E-state index contributed by atoms with van der Waals surface area (Å²) in [5.74, 6) is -0.796. The van der Waals surface area contributed by atoms with Gasteiger partial charge in [0.2, 0.25) is 5.91 Å². The van der Waals surface area contributed by atoms with E-state index in [1.807, 2.05) is 0 Å². The molecule has 1 aromatic rings. The Labute approximate surface area is 123 Å². The number of hydrogen-bond acceptors (Lipinski definition) is 6. The third-order valence-corrected chi connectivity index (χ3v) is 3.81. The number of nitrogens with two attached hydrogens (primary N) is 1. The molecule has 0 aliphatic carbocycles. The molecule has 21 heavy (non-hydrogen) atoms. The van der Waals surface area contributed by atoms with Crippen molar-refractivity contribution in [1.29, 1.82) is 0 Å². The van der Waals surface area contributed by atoms with Crippen LogP contribution in [0.15, 0.2) is 23.2 Å².